The molecule has 0 aliphatic carbocycles. The van der Waals surface area contributed by atoms with Crippen LogP contribution in [0.3, 0.4) is 0 Å². The normalized spacial score (nSPS) is 22.1. The molecule has 8 heteroatoms. The van der Waals surface area contributed by atoms with E-state index in [1.807, 2.05) is 6.92 Å². The fourth-order valence-corrected chi connectivity index (χ4v) is 1.97. The minimum atomic E-state index is -0.978. The number of aryl methyl sites for hydroxylation is 1. The molecule has 2 aromatic rings. The highest BCUT2D eigenvalue weighted by Gasteiger charge is 2.34. The maximum atomic E-state index is 10.8. The lowest BCUT2D eigenvalue weighted by Crippen LogP contribution is -2.18. The zero-order chi connectivity index (χ0) is 14.1. The summed E-state index contributed by atoms with van der Waals surface area (Å²) in [7, 11) is 0. The van der Waals surface area contributed by atoms with E-state index in [0.29, 0.717) is 18.7 Å². The van der Waals surface area contributed by atoms with Gasteiger partial charge in [0, 0.05) is 12.4 Å². The van der Waals surface area contributed by atoms with E-state index in [9.17, 15) is 4.79 Å². The van der Waals surface area contributed by atoms with E-state index in [0.717, 1.165) is 5.56 Å². The van der Waals surface area contributed by atoms with Gasteiger partial charge in [0.15, 0.2) is 6.10 Å². The molecule has 2 unspecified atom stereocenters. The number of aliphatic carboxylic acids is 1. The van der Waals surface area contributed by atoms with Crippen LogP contribution in [0.15, 0.2) is 16.9 Å². The molecule has 1 saturated heterocycles. The summed E-state index contributed by atoms with van der Waals surface area (Å²) in [5.41, 5.74) is 0.931. The fourth-order valence-electron chi connectivity index (χ4n) is 1.97. The van der Waals surface area contributed by atoms with Crippen LogP contribution in [0.2, 0.25) is 0 Å². The van der Waals surface area contributed by atoms with E-state index in [-0.39, 0.29) is 11.7 Å². The van der Waals surface area contributed by atoms with Gasteiger partial charge in [0.05, 0.1) is 0 Å². The predicted molar refractivity (Wildman–Crippen MR) is 64.5 cm³/mol. The summed E-state index contributed by atoms with van der Waals surface area (Å²) in [6.07, 6.45) is 2.98. The summed E-state index contributed by atoms with van der Waals surface area (Å²) in [6.45, 7) is 1.88. The number of carbonyl (C=O) groups is 1. The van der Waals surface area contributed by atoms with Crippen LogP contribution in [0.4, 0.5) is 0 Å². The number of nitrogens with zero attached hydrogens (tertiary/aromatic N) is 4. The Morgan fingerprint density at radius 3 is 2.70 bits per heavy atom. The van der Waals surface area contributed by atoms with Gasteiger partial charge in [0.25, 0.3) is 5.89 Å². The van der Waals surface area contributed by atoms with Gasteiger partial charge in [0.2, 0.25) is 11.6 Å². The third-order valence-electron chi connectivity index (χ3n) is 2.99. The van der Waals surface area contributed by atoms with Crippen LogP contribution >= 0.6 is 0 Å². The Morgan fingerprint density at radius 2 is 2.05 bits per heavy atom. The van der Waals surface area contributed by atoms with Crippen molar-refractivity contribution in [2.24, 2.45) is 0 Å². The first-order chi connectivity index (χ1) is 9.63. The summed E-state index contributed by atoms with van der Waals surface area (Å²) in [5.74, 6) is -0.0946. The number of hydrogen-bond acceptors (Lipinski definition) is 7. The minimum absolute atomic E-state index is 0.257. The van der Waals surface area contributed by atoms with Gasteiger partial charge >= 0.3 is 5.97 Å². The molecule has 0 amide bonds. The van der Waals surface area contributed by atoms with E-state index in [4.69, 9.17) is 14.4 Å². The second-order valence-electron chi connectivity index (χ2n) is 4.57. The van der Waals surface area contributed by atoms with Crippen molar-refractivity contribution in [2.75, 3.05) is 0 Å². The van der Waals surface area contributed by atoms with E-state index < -0.39 is 18.2 Å². The highest BCUT2D eigenvalue weighted by atomic mass is 16.5. The quantitative estimate of drug-likeness (QED) is 0.888. The number of rotatable bonds is 3. The van der Waals surface area contributed by atoms with Gasteiger partial charge in [-0.05, 0) is 25.3 Å². The molecular formula is C12H12N4O4. The largest absolute Gasteiger partial charge is 0.479 e. The molecule has 1 fully saturated rings. The van der Waals surface area contributed by atoms with Gasteiger partial charge in [-0.1, -0.05) is 5.16 Å². The van der Waals surface area contributed by atoms with Crippen molar-refractivity contribution in [3.63, 3.8) is 0 Å². The number of carboxylic acids is 1. The van der Waals surface area contributed by atoms with Crippen molar-refractivity contribution >= 4 is 5.97 Å². The fraction of sp³-hybridized carbons (Fsp3) is 0.417. The average Bonchev–Trinajstić information content (AvgIpc) is 3.08. The standard InChI is InChI=1S/C12H12N4O4/c1-6-4-13-9(14-5-6)10-15-11(20-16-10)7-2-3-8(19-7)12(17)18/h4-5,7-8H,2-3H2,1H3,(H,17,18). The van der Waals surface area contributed by atoms with Gasteiger partial charge in [-0.3, -0.25) is 0 Å². The second kappa shape index (κ2) is 4.97. The Labute approximate surface area is 113 Å². The van der Waals surface area contributed by atoms with Gasteiger partial charge in [-0.2, -0.15) is 4.98 Å². The maximum Gasteiger partial charge on any atom is 0.332 e. The lowest BCUT2D eigenvalue weighted by atomic mass is 10.2. The van der Waals surface area contributed by atoms with Crippen LogP contribution in [-0.2, 0) is 9.53 Å². The van der Waals surface area contributed by atoms with E-state index in [1.54, 1.807) is 12.4 Å². The number of carboxylic acid groups (broad SMARTS) is 1. The van der Waals surface area contributed by atoms with Crippen LogP contribution in [0.1, 0.15) is 30.4 Å². The molecule has 104 valence electrons. The zero-order valence-electron chi connectivity index (χ0n) is 10.7. The van der Waals surface area contributed by atoms with Gasteiger partial charge in [-0.25, -0.2) is 14.8 Å². The second-order valence-corrected chi connectivity index (χ2v) is 4.57. The molecule has 3 rings (SSSR count). The Bertz CT molecular complexity index is 625. The summed E-state index contributed by atoms with van der Waals surface area (Å²) in [6, 6.07) is 0. The smallest absolute Gasteiger partial charge is 0.332 e. The lowest BCUT2D eigenvalue weighted by molar-refractivity contribution is -0.150. The molecule has 0 bridgehead atoms. The summed E-state index contributed by atoms with van der Waals surface area (Å²) in [4.78, 5) is 23.2. The average molecular weight is 276 g/mol. The third-order valence-corrected chi connectivity index (χ3v) is 2.99. The third kappa shape index (κ3) is 2.37. The summed E-state index contributed by atoms with van der Waals surface area (Å²) < 4.78 is 10.4. The first-order valence-corrected chi connectivity index (χ1v) is 6.14. The van der Waals surface area contributed by atoms with Gasteiger partial charge < -0.3 is 14.4 Å². The minimum Gasteiger partial charge on any atom is -0.479 e. The Balaban J connectivity index is 1.77. The van der Waals surface area contributed by atoms with Crippen LogP contribution in [-0.4, -0.2) is 37.3 Å². The molecule has 2 atom stereocenters. The summed E-state index contributed by atoms with van der Waals surface area (Å²) in [5, 5.41) is 12.7. The van der Waals surface area contributed by atoms with Crippen molar-refractivity contribution in [2.45, 2.75) is 32.0 Å². The predicted octanol–water partition coefficient (Wildman–Crippen LogP) is 1.14. The molecule has 1 aliphatic rings. The van der Waals surface area contributed by atoms with Crippen LogP contribution in [0, 0.1) is 6.92 Å². The van der Waals surface area contributed by atoms with E-state index >= 15 is 0 Å². The molecule has 1 N–H and O–H groups in total. The first kappa shape index (κ1) is 12.7. The van der Waals surface area contributed by atoms with Crippen molar-refractivity contribution < 1.29 is 19.2 Å². The molecular weight excluding hydrogens is 264 g/mol. The lowest BCUT2D eigenvalue weighted by Gasteiger charge is -2.05. The molecule has 0 spiro atoms. The molecule has 0 aromatic carbocycles. The number of hydrogen-bond donors (Lipinski definition) is 1. The van der Waals surface area contributed by atoms with Crippen molar-refractivity contribution in [1.82, 2.24) is 20.1 Å². The van der Waals surface area contributed by atoms with Gasteiger partial charge in [0.1, 0.15) is 6.10 Å². The highest BCUT2D eigenvalue weighted by molar-refractivity contribution is 5.72. The van der Waals surface area contributed by atoms with Crippen LogP contribution in [0.5, 0.6) is 0 Å². The van der Waals surface area contributed by atoms with E-state index in [1.165, 1.54) is 0 Å². The number of aromatic nitrogens is 4. The van der Waals surface area contributed by atoms with Gasteiger partial charge in [-0.15, -0.1) is 0 Å². The molecule has 0 saturated carbocycles. The monoisotopic (exact) mass is 276 g/mol. The zero-order valence-corrected chi connectivity index (χ0v) is 10.7. The van der Waals surface area contributed by atoms with Crippen molar-refractivity contribution in [1.29, 1.82) is 0 Å². The number of ether oxygens (including phenoxy) is 1. The molecule has 1 aliphatic heterocycles. The Morgan fingerprint density at radius 1 is 1.30 bits per heavy atom. The van der Waals surface area contributed by atoms with E-state index in [2.05, 4.69) is 20.1 Å². The van der Waals surface area contributed by atoms with Crippen LogP contribution in [0.25, 0.3) is 11.6 Å². The SMILES string of the molecule is Cc1cnc(-c2noc(C3CCC(C(=O)O)O3)n2)nc1. The highest BCUT2D eigenvalue weighted by Crippen LogP contribution is 2.32. The first-order valence-electron chi connectivity index (χ1n) is 6.14. The van der Waals surface area contributed by atoms with Crippen molar-refractivity contribution in [3.8, 4) is 11.6 Å². The molecule has 20 heavy (non-hydrogen) atoms. The maximum absolute atomic E-state index is 10.8. The topological polar surface area (TPSA) is 111 Å². The Hall–Kier alpha value is -2.35. The van der Waals surface area contributed by atoms with Crippen molar-refractivity contribution in [3.05, 3.63) is 23.8 Å². The molecule has 2 aromatic heterocycles. The molecule has 3 heterocycles. The summed E-state index contributed by atoms with van der Waals surface area (Å²) >= 11 is 0. The van der Waals surface area contributed by atoms with Crippen LogP contribution < -0.4 is 0 Å². The Kier molecular flexibility index (Phi) is 3.15. The molecule has 8 nitrogen and oxygen atoms in total. The molecule has 0 radical (unpaired) electrons.